The smallest absolute Gasteiger partial charge is 0.246 e. The van der Waals surface area contributed by atoms with Gasteiger partial charge in [0.1, 0.15) is 0 Å². The molecule has 0 saturated carbocycles. The van der Waals surface area contributed by atoms with Crippen LogP contribution in [0.5, 0.6) is 0 Å². The van der Waals surface area contributed by atoms with Crippen molar-refractivity contribution in [3.63, 3.8) is 0 Å². The first-order valence-corrected chi connectivity index (χ1v) is 3.79. The van der Waals surface area contributed by atoms with E-state index in [1.54, 1.807) is 0 Å². The molecule has 1 aromatic rings. The first-order valence-electron chi connectivity index (χ1n) is 3.01. The molecule has 0 spiro atoms. The van der Waals surface area contributed by atoms with Crippen LogP contribution in [0.2, 0.25) is 0 Å². The minimum absolute atomic E-state index is 0.0833. The zero-order valence-corrected chi connectivity index (χ0v) is 7.03. The number of nitrogens with zero attached hydrogens (tertiary/aromatic N) is 2. The molecule has 5 nitrogen and oxygen atoms in total. The van der Waals surface area contributed by atoms with E-state index in [9.17, 15) is 4.79 Å². The van der Waals surface area contributed by atoms with Gasteiger partial charge in [-0.1, -0.05) is 4.49 Å². The van der Waals surface area contributed by atoms with Crippen LogP contribution >= 0.6 is 11.5 Å². The molecule has 1 fully saturated rings. The number of hydrogen-bond acceptors (Lipinski definition) is 4. The van der Waals surface area contributed by atoms with Gasteiger partial charge in [0, 0.05) is 4.88 Å². The van der Waals surface area contributed by atoms with Crippen molar-refractivity contribution < 1.29 is 4.79 Å². The summed E-state index contributed by atoms with van der Waals surface area (Å²) in [6, 6.07) is -0.0833. The summed E-state index contributed by atoms with van der Waals surface area (Å²) in [5.74, 6) is 0. The summed E-state index contributed by atoms with van der Waals surface area (Å²) in [6.07, 6.45) is 0. The van der Waals surface area contributed by atoms with E-state index in [4.69, 9.17) is 0 Å². The third-order valence-electron chi connectivity index (χ3n) is 1.11. The second-order valence-corrected chi connectivity index (χ2v) is 2.95. The zero-order valence-electron chi connectivity index (χ0n) is 6.21. The average Bonchev–Trinajstić information content (AvgIpc) is 2.65. The van der Waals surface area contributed by atoms with Crippen molar-refractivity contribution in [3.8, 4) is 0 Å². The number of urea groups is 1. The van der Waals surface area contributed by atoms with E-state index < -0.39 is 0 Å². The number of carbonyl (C=O) groups excluding carboxylic acids is 1. The van der Waals surface area contributed by atoms with E-state index in [2.05, 4.69) is 20.4 Å². The van der Waals surface area contributed by atoms with Gasteiger partial charge in [-0.2, -0.15) is 0 Å². The van der Waals surface area contributed by atoms with Crippen molar-refractivity contribution in [2.45, 2.75) is 13.8 Å². The van der Waals surface area contributed by atoms with Gasteiger partial charge in [-0.05, 0) is 25.4 Å². The number of carbonyl (C=O) groups is 1. The van der Waals surface area contributed by atoms with Gasteiger partial charge in [0.05, 0.1) is 5.69 Å². The Morgan fingerprint density at radius 1 is 1.36 bits per heavy atom. The molecule has 1 aromatic heterocycles. The van der Waals surface area contributed by atoms with Gasteiger partial charge in [-0.25, -0.2) is 15.6 Å². The van der Waals surface area contributed by atoms with Crippen LogP contribution in [0.15, 0.2) is 0 Å². The summed E-state index contributed by atoms with van der Waals surface area (Å²) in [7, 11) is 0. The molecule has 1 aliphatic rings. The minimum Gasteiger partial charge on any atom is -0.246 e. The lowest BCUT2D eigenvalue weighted by Gasteiger charge is -1.74. The van der Waals surface area contributed by atoms with Crippen LogP contribution in [0, 0.1) is 13.8 Å². The van der Waals surface area contributed by atoms with Crippen LogP contribution in [0.3, 0.4) is 0 Å². The second-order valence-electron chi connectivity index (χ2n) is 1.99. The number of amides is 2. The normalized spacial score (nSPS) is 12.4. The van der Waals surface area contributed by atoms with Gasteiger partial charge >= 0.3 is 6.03 Å². The Hall–Kier alpha value is -1.17. The van der Waals surface area contributed by atoms with Crippen LogP contribution < -0.4 is 10.9 Å². The molecule has 2 amide bonds. The fourth-order valence-corrected chi connectivity index (χ4v) is 0.764. The van der Waals surface area contributed by atoms with E-state index in [-0.39, 0.29) is 6.03 Å². The maximum Gasteiger partial charge on any atom is 0.352 e. The number of hydrazine groups is 1. The average molecular weight is 172 g/mol. The predicted octanol–water partition coefficient (Wildman–Crippen LogP) is 0.369. The van der Waals surface area contributed by atoms with Crippen molar-refractivity contribution in [2.75, 3.05) is 0 Å². The van der Waals surface area contributed by atoms with Gasteiger partial charge in [-0.15, -0.1) is 5.10 Å². The Balaban J connectivity index is 0.000000128. The van der Waals surface area contributed by atoms with E-state index >= 15 is 0 Å². The zero-order chi connectivity index (χ0) is 8.27. The number of nitrogens with one attached hydrogen (secondary N) is 2. The van der Waals surface area contributed by atoms with Crippen molar-refractivity contribution in [2.24, 2.45) is 0 Å². The lowest BCUT2D eigenvalue weighted by Crippen LogP contribution is -1.71. The third-order valence-corrected chi connectivity index (χ3v) is 1.84. The topological polar surface area (TPSA) is 86.7 Å². The van der Waals surface area contributed by atoms with Crippen LogP contribution in [-0.2, 0) is 0 Å². The highest BCUT2D eigenvalue weighted by Crippen LogP contribution is 2.04. The minimum atomic E-state index is -0.0833. The molecule has 1 aliphatic heterocycles. The Kier molecular flexibility index (Phi) is 2.37. The molecule has 60 valence electrons. The van der Waals surface area contributed by atoms with Gasteiger partial charge in [-0.3, -0.25) is 0 Å². The monoisotopic (exact) mass is 172 g/mol. The van der Waals surface area contributed by atoms with E-state index in [1.807, 2.05) is 13.8 Å². The summed E-state index contributed by atoms with van der Waals surface area (Å²) in [4.78, 5) is 10.5. The first-order chi connectivity index (χ1) is 5.20. The molecule has 2 rings (SSSR count). The van der Waals surface area contributed by atoms with Crippen LogP contribution in [0.25, 0.3) is 0 Å². The largest absolute Gasteiger partial charge is 0.352 e. The lowest BCUT2D eigenvalue weighted by atomic mass is 10.4. The van der Waals surface area contributed by atoms with Gasteiger partial charge < -0.3 is 0 Å². The molecule has 2 N–H and O–H groups in total. The standard InChI is InChI=1S/C4H6N2S.CH2N2O/c1-3-4(2)7-6-5-3;4-1-2-3-1/h1-2H3;(H2,2,3,4). The van der Waals surface area contributed by atoms with E-state index in [0.717, 1.165) is 5.69 Å². The summed E-state index contributed by atoms with van der Waals surface area (Å²) in [5.41, 5.74) is 5.46. The highest BCUT2D eigenvalue weighted by molar-refractivity contribution is 7.05. The molecule has 0 radical (unpaired) electrons. The number of aryl methyl sites for hydroxylation is 2. The molecule has 6 heteroatoms. The number of hydrogen-bond donors (Lipinski definition) is 2. The summed E-state index contributed by atoms with van der Waals surface area (Å²) >= 11 is 1.44. The van der Waals surface area contributed by atoms with Crippen molar-refractivity contribution in [1.29, 1.82) is 0 Å². The Bertz CT molecular complexity index is 236. The second kappa shape index (κ2) is 3.29. The molecule has 0 unspecified atom stereocenters. The fraction of sp³-hybridized carbons (Fsp3) is 0.400. The molecule has 11 heavy (non-hydrogen) atoms. The van der Waals surface area contributed by atoms with Crippen LogP contribution in [0.1, 0.15) is 10.6 Å². The molecule has 0 atom stereocenters. The molecule has 1 saturated heterocycles. The third kappa shape index (κ3) is 2.94. The van der Waals surface area contributed by atoms with Crippen molar-refractivity contribution >= 4 is 17.6 Å². The number of aromatic nitrogens is 2. The van der Waals surface area contributed by atoms with Gasteiger partial charge in [0.25, 0.3) is 0 Å². The first kappa shape index (κ1) is 7.93. The molecule has 0 bridgehead atoms. The van der Waals surface area contributed by atoms with Crippen LogP contribution in [0.4, 0.5) is 4.79 Å². The van der Waals surface area contributed by atoms with Gasteiger partial charge in [0.15, 0.2) is 0 Å². The maximum absolute atomic E-state index is 9.33. The predicted molar refractivity (Wildman–Crippen MR) is 41.1 cm³/mol. The van der Waals surface area contributed by atoms with Crippen LogP contribution in [-0.4, -0.2) is 15.6 Å². The summed E-state index contributed by atoms with van der Waals surface area (Å²) < 4.78 is 3.71. The highest BCUT2D eigenvalue weighted by atomic mass is 32.1. The van der Waals surface area contributed by atoms with Gasteiger partial charge in [0.2, 0.25) is 0 Å². The Morgan fingerprint density at radius 2 is 1.91 bits per heavy atom. The number of rotatable bonds is 0. The van der Waals surface area contributed by atoms with Crippen molar-refractivity contribution in [1.82, 2.24) is 20.4 Å². The lowest BCUT2D eigenvalue weighted by molar-refractivity contribution is 0.266. The SMILES string of the molecule is Cc1nnsc1C.O=C1NN1. The van der Waals surface area contributed by atoms with E-state index in [1.165, 1.54) is 16.4 Å². The molecule has 0 aromatic carbocycles. The Labute approximate surface area is 67.9 Å². The summed E-state index contributed by atoms with van der Waals surface area (Å²) in [6.45, 7) is 3.97. The summed E-state index contributed by atoms with van der Waals surface area (Å²) in [5, 5.41) is 3.78. The highest BCUT2D eigenvalue weighted by Gasteiger charge is 2.08. The maximum atomic E-state index is 9.33. The Morgan fingerprint density at radius 3 is 2.00 bits per heavy atom. The quantitative estimate of drug-likeness (QED) is 0.554. The molecular formula is C5H8N4OS. The van der Waals surface area contributed by atoms with Crippen molar-refractivity contribution in [3.05, 3.63) is 10.6 Å². The van der Waals surface area contributed by atoms with E-state index in [0.29, 0.717) is 0 Å². The molecular weight excluding hydrogens is 164 g/mol. The fourth-order valence-electron chi connectivity index (χ4n) is 0.305. The molecule has 2 heterocycles. The molecule has 0 aliphatic carbocycles.